The van der Waals surface area contributed by atoms with Gasteiger partial charge in [0, 0.05) is 9.77 Å². The van der Waals surface area contributed by atoms with Crippen molar-refractivity contribution >= 4 is 45.2 Å². The van der Waals surface area contributed by atoms with E-state index in [-0.39, 0.29) is 11.1 Å². The highest BCUT2D eigenvalue weighted by atomic mass is 127. The lowest BCUT2D eigenvalue weighted by atomic mass is 10.2. The van der Waals surface area contributed by atoms with Crippen LogP contribution in [0.4, 0.5) is 0 Å². The van der Waals surface area contributed by atoms with Crippen LogP contribution in [0.2, 0.25) is 0 Å². The van der Waals surface area contributed by atoms with Crippen LogP contribution in [0.5, 0.6) is 0 Å². The van der Waals surface area contributed by atoms with Crippen molar-refractivity contribution in [3.05, 3.63) is 55.2 Å². The first-order valence-corrected chi connectivity index (χ1v) is 9.40. The lowest BCUT2D eigenvalue weighted by Gasteiger charge is -2.06. The first kappa shape index (κ1) is 16.5. The first-order valence-electron chi connectivity index (χ1n) is 7.24. The highest BCUT2D eigenvalue weighted by Gasteiger charge is 2.41. The second-order valence-corrected chi connectivity index (χ2v) is 8.37. The lowest BCUT2D eigenvalue weighted by molar-refractivity contribution is 0.705. The van der Waals surface area contributed by atoms with Crippen molar-refractivity contribution in [2.45, 2.75) is 36.8 Å². The molecule has 2 aliphatic carbocycles. The topological polar surface area (TPSA) is 77.8 Å². The summed E-state index contributed by atoms with van der Waals surface area (Å²) in [5.41, 5.74) is 13.9. The summed E-state index contributed by atoms with van der Waals surface area (Å²) in [6, 6.07) is 10.0. The summed E-state index contributed by atoms with van der Waals surface area (Å²) < 4.78 is 2.24. The van der Waals surface area contributed by atoms with Crippen LogP contribution in [-0.2, 0) is 11.1 Å². The molecular formula is C16H18I2N4. The standard InChI is InChI=1S/2C8H9IN2/c9-6-1-4-11-7(5-6)8(10)2-3-8;9-7-3-1-2-6(11-7)8(10)4-5-8/h1,4-5H,2-3,10H2;1-3H,4-5,10H2. The minimum Gasteiger partial charge on any atom is -0.320 e. The first-order chi connectivity index (χ1) is 10.4. The van der Waals surface area contributed by atoms with E-state index in [1.807, 2.05) is 30.5 Å². The molecule has 0 radical (unpaired) electrons. The van der Waals surface area contributed by atoms with Crippen molar-refractivity contribution in [1.82, 2.24) is 9.97 Å². The Kier molecular flexibility index (Phi) is 4.73. The molecule has 2 aliphatic rings. The summed E-state index contributed by atoms with van der Waals surface area (Å²) in [6.07, 6.45) is 6.16. The fraction of sp³-hybridized carbons (Fsp3) is 0.375. The number of nitrogens with zero attached hydrogens (tertiary/aromatic N) is 2. The minimum atomic E-state index is -0.0822. The van der Waals surface area contributed by atoms with Crippen molar-refractivity contribution in [3.8, 4) is 0 Å². The summed E-state index contributed by atoms with van der Waals surface area (Å²) >= 11 is 4.48. The second kappa shape index (κ2) is 6.29. The average molecular weight is 520 g/mol. The van der Waals surface area contributed by atoms with Gasteiger partial charge in [0.05, 0.1) is 22.5 Å². The molecule has 2 heterocycles. The largest absolute Gasteiger partial charge is 0.320 e. The lowest BCUT2D eigenvalue weighted by Crippen LogP contribution is -2.20. The predicted molar refractivity (Wildman–Crippen MR) is 104 cm³/mol. The van der Waals surface area contributed by atoms with Gasteiger partial charge in [0.25, 0.3) is 0 Å². The van der Waals surface area contributed by atoms with Gasteiger partial charge < -0.3 is 11.5 Å². The Bertz CT molecular complexity index is 622. The molecule has 0 aliphatic heterocycles. The zero-order valence-electron chi connectivity index (χ0n) is 12.1. The summed E-state index contributed by atoms with van der Waals surface area (Å²) in [7, 11) is 0. The molecule has 2 aromatic rings. The smallest absolute Gasteiger partial charge is 0.101 e. The van der Waals surface area contributed by atoms with E-state index < -0.39 is 0 Å². The molecule has 0 unspecified atom stereocenters. The van der Waals surface area contributed by atoms with Crippen molar-refractivity contribution in [1.29, 1.82) is 0 Å². The summed E-state index contributed by atoms with van der Waals surface area (Å²) in [5.74, 6) is 0. The highest BCUT2D eigenvalue weighted by Crippen LogP contribution is 2.42. The predicted octanol–water partition coefficient (Wildman–Crippen LogP) is 3.27. The molecule has 4 N–H and O–H groups in total. The fourth-order valence-corrected chi connectivity index (χ4v) is 3.07. The molecule has 0 atom stereocenters. The third kappa shape index (κ3) is 3.95. The van der Waals surface area contributed by atoms with Gasteiger partial charge in [-0.15, -0.1) is 0 Å². The maximum absolute atomic E-state index is 5.97. The third-order valence-electron chi connectivity index (χ3n) is 4.03. The van der Waals surface area contributed by atoms with Crippen molar-refractivity contribution in [2.24, 2.45) is 11.5 Å². The van der Waals surface area contributed by atoms with Crippen LogP contribution in [0.1, 0.15) is 37.1 Å². The zero-order valence-corrected chi connectivity index (χ0v) is 16.4. The Morgan fingerprint density at radius 3 is 2.09 bits per heavy atom. The number of hydrogen-bond acceptors (Lipinski definition) is 4. The molecule has 4 rings (SSSR count). The second-order valence-electron chi connectivity index (χ2n) is 6.02. The Balaban J connectivity index is 0.000000131. The van der Waals surface area contributed by atoms with E-state index in [0.717, 1.165) is 40.8 Å². The van der Waals surface area contributed by atoms with Crippen LogP contribution in [0, 0.1) is 7.27 Å². The normalized spacial score (nSPS) is 19.8. The van der Waals surface area contributed by atoms with Gasteiger partial charge >= 0.3 is 0 Å². The van der Waals surface area contributed by atoms with Crippen molar-refractivity contribution in [2.75, 3.05) is 0 Å². The summed E-state index contributed by atoms with van der Waals surface area (Å²) in [4.78, 5) is 8.61. The van der Waals surface area contributed by atoms with E-state index in [1.54, 1.807) is 0 Å². The van der Waals surface area contributed by atoms with Crippen LogP contribution in [0.25, 0.3) is 0 Å². The van der Waals surface area contributed by atoms with Gasteiger partial charge in [-0.05, 0) is 95.1 Å². The molecule has 0 spiro atoms. The van der Waals surface area contributed by atoms with Gasteiger partial charge in [-0.2, -0.15) is 0 Å². The highest BCUT2D eigenvalue weighted by molar-refractivity contribution is 14.1. The van der Waals surface area contributed by atoms with E-state index in [9.17, 15) is 0 Å². The molecule has 0 bridgehead atoms. The molecule has 0 saturated heterocycles. The van der Waals surface area contributed by atoms with E-state index in [1.165, 1.54) is 3.57 Å². The van der Waals surface area contributed by atoms with Crippen molar-refractivity contribution in [3.63, 3.8) is 0 Å². The Hall–Kier alpha value is -0.320. The number of nitrogens with two attached hydrogens (primary N) is 2. The van der Waals surface area contributed by atoms with E-state index >= 15 is 0 Å². The van der Waals surface area contributed by atoms with E-state index in [0.29, 0.717) is 0 Å². The molecule has 2 fully saturated rings. The Morgan fingerprint density at radius 2 is 1.55 bits per heavy atom. The fourth-order valence-electron chi connectivity index (χ4n) is 2.14. The Morgan fingerprint density at radius 1 is 0.909 bits per heavy atom. The summed E-state index contributed by atoms with van der Waals surface area (Å²) in [5, 5.41) is 0. The van der Waals surface area contributed by atoms with Gasteiger partial charge in [0.2, 0.25) is 0 Å². The number of rotatable bonds is 2. The monoisotopic (exact) mass is 520 g/mol. The maximum atomic E-state index is 5.97. The minimum absolute atomic E-state index is 0.0822. The van der Waals surface area contributed by atoms with Crippen LogP contribution < -0.4 is 11.5 Å². The SMILES string of the molecule is NC1(c2cc(I)ccn2)CC1.NC1(c2cccc(I)n2)CC1. The average Bonchev–Trinajstić information content (AvgIpc) is 3.40. The third-order valence-corrected chi connectivity index (χ3v) is 5.31. The molecule has 0 aromatic carbocycles. The summed E-state index contributed by atoms with van der Waals surface area (Å²) in [6.45, 7) is 0. The molecule has 4 nitrogen and oxygen atoms in total. The molecule has 6 heteroatoms. The maximum Gasteiger partial charge on any atom is 0.101 e. The van der Waals surface area contributed by atoms with Gasteiger partial charge in [-0.25, -0.2) is 4.98 Å². The molecule has 116 valence electrons. The van der Waals surface area contributed by atoms with E-state index in [2.05, 4.69) is 61.2 Å². The number of pyridine rings is 2. The number of aromatic nitrogens is 2. The molecule has 0 amide bonds. The Labute approximate surface area is 157 Å². The molecule has 2 saturated carbocycles. The quantitative estimate of drug-likeness (QED) is 0.471. The van der Waals surface area contributed by atoms with Gasteiger partial charge in [-0.3, -0.25) is 4.98 Å². The molecule has 2 aromatic heterocycles. The zero-order chi connectivity index (χ0) is 15.8. The van der Waals surface area contributed by atoms with E-state index in [4.69, 9.17) is 11.5 Å². The van der Waals surface area contributed by atoms with Gasteiger partial charge in [0.15, 0.2) is 0 Å². The molecule has 22 heavy (non-hydrogen) atoms. The molecular weight excluding hydrogens is 502 g/mol. The van der Waals surface area contributed by atoms with Gasteiger partial charge in [0.1, 0.15) is 3.70 Å². The van der Waals surface area contributed by atoms with Crippen LogP contribution >= 0.6 is 45.2 Å². The number of hydrogen-bond donors (Lipinski definition) is 2. The van der Waals surface area contributed by atoms with Crippen LogP contribution in [0.15, 0.2) is 36.5 Å². The van der Waals surface area contributed by atoms with Gasteiger partial charge in [-0.1, -0.05) is 6.07 Å². The van der Waals surface area contributed by atoms with Crippen molar-refractivity contribution < 1.29 is 0 Å². The van der Waals surface area contributed by atoms with Crippen LogP contribution in [-0.4, -0.2) is 9.97 Å². The van der Waals surface area contributed by atoms with Crippen LogP contribution in [0.3, 0.4) is 0 Å². The number of halogens is 2.